The number of carbonyl (C=O) groups is 1. The van der Waals surface area contributed by atoms with Crippen LogP contribution in [0, 0.1) is 11.3 Å². The molecule has 0 aliphatic heterocycles. The fourth-order valence-electron chi connectivity index (χ4n) is 4.19. The Hall–Kier alpha value is -3.55. The molecule has 3 aromatic heterocycles. The minimum Gasteiger partial charge on any atom is -0.393 e. The molecule has 0 spiro atoms. The Balaban J connectivity index is 1.66. The van der Waals surface area contributed by atoms with E-state index in [1.807, 2.05) is 12.1 Å². The third-order valence-electron chi connectivity index (χ3n) is 6.26. The van der Waals surface area contributed by atoms with Gasteiger partial charge in [-0.05, 0) is 63.8 Å². The van der Waals surface area contributed by atoms with Crippen LogP contribution in [-0.2, 0) is 0 Å². The van der Waals surface area contributed by atoms with Gasteiger partial charge >= 0.3 is 0 Å². The molecule has 4 rings (SSSR count). The van der Waals surface area contributed by atoms with Crippen LogP contribution in [0.25, 0.3) is 16.9 Å². The highest BCUT2D eigenvalue weighted by atomic mass is 19.1. The number of carbonyl (C=O) groups excluding carboxylic acids is 1. The van der Waals surface area contributed by atoms with Crippen LogP contribution >= 0.6 is 0 Å². The van der Waals surface area contributed by atoms with Gasteiger partial charge in [0.05, 0.1) is 58.2 Å². The summed E-state index contributed by atoms with van der Waals surface area (Å²) in [5.74, 6) is -0.522. The Morgan fingerprint density at radius 2 is 2.14 bits per heavy atom. The first-order chi connectivity index (χ1) is 16.7. The average Bonchev–Trinajstić information content (AvgIpc) is 3.25. The summed E-state index contributed by atoms with van der Waals surface area (Å²) in [4.78, 5) is 17.4. The molecule has 0 bridgehead atoms. The van der Waals surface area contributed by atoms with Gasteiger partial charge < -0.3 is 20.8 Å². The smallest absolute Gasteiger partial charge is 0.255 e. The molecule has 0 radical (unpaired) electrons. The number of nitriles is 1. The zero-order chi connectivity index (χ0) is 25.2. The maximum Gasteiger partial charge on any atom is 0.255 e. The minimum atomic E-state index is -1.64. The number of nitrogens with one attached hydrogen (secondary N) is 2. The van der Waals surface area contributed by atoms with E-state index in [0.29, 0.717) is 29.1 Å². The summed E-state index contributed by atoms with van der Waals surface area (Å²) in [6.07, 6.45) is 3.84. The van der Waals surface area contributed by atoms with Gasteiger partial charge in [0.15, 0.2) is 0 Å². The van der Waals surface area contributed by atoms with Gasteiger partial charge in [-0.1, -0.05) is 0 Å². The standard InChI is InChI=1S/C25H29FN6O3/c1-25(2,35)23(26)14-29-24(34)19-13-28-21(10-20(19)31-16-4-3-5-18(33)9-16)22-7-6-17-8-15(11-27)12-30-32(17)22/h6-8,10,12-13,16,18,23,33,35H,3-5,9,14H2,1-2H3,(H,28,31)(H,29,34)/t16-,18+,23+/m0/s1. The van der Waals surface area contributed by atoms with Crippen molar-refractivity contribution in [2.45, 2.75) is 63.4 Å². The summed E-state index contributed by atoms with van der Waals surface area (Å²) in [5, 5.41) is 39.3. The number of aromatic nitrogens is 3. The monoisotopic (exact) mass is 480 g/mol. The highest BCUT2D eigenvalue weighted by molar-refractivity contribution is 6.00. The molecule has 1 aliphatic rings. The molecular weight excluding hydrogens is 451 g/mol. The van der Waals surface area contributed by atoms with E-state index >= 15 is 0 Å². The van der Waals surface area contributed by atoms with Crippen molar-refractivity contribution in [3.63, 3.8) is 0 Å². The van der Waals surface area contributed by atoms with E-state index in [-0.39, 0.29) is 18.2 Å². The summed E-state index contributed by atoms with van der Waals surface area (Å²) >= 11 is 0. The van der Waals surface area contributed by atoms with Crippen molar-refractivity contribution in [3.05, 3.63) is 47.8 Å². The number of alkyl halides is 1. The third kappa shape index (κ3) is 5.58. The molecule has 9 nitrogen and oxygen atoms in total. The second-order valence-electron chi connectivity index (χ2n) is 9.52. The maximum absolute atomic E-state index is 14.2. The normalized spacial score (nSPS) is 19.2. The Kier molecular flexibility index (Phi) is 7.00. The van der Waals surface area contributed by atoms with Crippen LogP contribution in [0.5, 0.6) is 0 Å². The first-order valence-electron chi connectivity index (χ1n) is 11.6. The molecular formula is C25H29FN6O3. The predicted octanol–water partition coefficient (Wildman–Crippen LogP) is 2.82. The first kappa shape index (κ1) is 24.6. The molecule has 0 unspecified atom stereocenters. The number of amides is 1. The van der Waals surface area contributed by atoms with E-state index in [9.17, 15) is 19.4 Å². The molecule has 0 saturated heterocycles. The zero-order valence-corrected chi connectivity index (χ0v) is 19.7. The van der Waals surface area contributed by atoms with Crippen LogP contribution in [0.15, 0.2) is 36.7 Å². The summed E-state index contributed by atoms with van der Waals surface area (Å²) in [7, 11) is 0. The lowest BCUT2D eigenvalue weighted by atomic mass is 9.92. The maximum atomic E-state index is 14.2. The molecule has 35 heavy (non-hydrogen) atoms. The number of anilines is 1. The number of aliphatic hydroxyl groups is 2. The van der Waals surface area contributed by atoms with Gasteiger partial charge in [0.1, 0.15) is 12.2 Å². The average molecular weight is 481 g/mol. The fourth-order valence-corrected chi connectivity index (χ4v) is 4.19. The Bertz CT molecular complexity index is 1260. The molecule has 0 aromatic carbocycles. The SMILES string of the molecule is CC(C)(O)[C@H](F)CNC(=O)c1cnc(-c2ccc3cc(C#N)cnn23)cc1N[C@H]1CCC[C@@H](O)C1. The second kappa shape index (κ2) is 9.98. The number of halogens is 1. The summed E-state index contributed by atoms with van der Waals surface area (Å²) in [5.41, 5.74) is 1.56. The number of rotatable bonds is 7. The predicted molar refractivity (Wildman–Crippen MR) is 129 cm³/mol. The number of hydrogen-bond acceptors (Lipinski definition) is 7. The van der Waals surface area contributed by atoms with Crippen molar-refractivity contribution in [2.75, 3.05) is 11.9 Å². The lowest BCUT2D eigenvalue weighted by molar-refractivity contribution is -0.00177. The van der Waals surface area contributed by atoms with Crippen LogP contribution < -0.4 is 10.6 Å². The number of fused-ring (bicyclic) bond motifs is 1. The van der Waals surface area contributed by atoms with Crippen molar-refractivity contribution < 1.29 is 19.4 Å². The molecule has 4 N–H and O–H groups in total. The van der Waals surface area contributed by atoms with Gasteiger partial charge in [-0.15, -0.1) is 0 Å². The highest BCUT2D eigenvalue weighted by Gasteiger charge is 2.28. The summed E-state index contributed by atoms with van der Waals surface area (Å²) in [6.45, 7) is 2.34. The minimum absolute atomic E-state index is 0.0359. The summed E-state index contributed by atoms with van der Waals surface area (Å²) in [6, 6.07) is 9.14. The van der Waals surface area contributed by atoms with Gasteiger partial charge in [0.2, 0.25) is 0 Å². The van der Waals surface area contributed by atoms with Crippen molar-refractivity contribution in [1.82, 2.24) is 19.9 Å². The molecule has 1 saturated carbocycles. The second-order valence-corrected chi connectivity index (χ2v) is 9.52. The van der Waals surface area contributed by atoms with Crippen molar-refractivity contribution in [2.24, 2.45) is 0 Å². The molecule has 3 atom stereocenters. The topological polar surface area (TPSA) is 136 Å². The van der Waals surface area contributed by atoms with Crippen molar-refractivity contribution in [3.8, 4) is 17.5 Å². The number of aliphatic hydroxyl groups excluding tert-OH is 1. The summed E-state index contributed by atoms with van der Waals surface area (Å²) < 4.78 is 15.9. The highest BCUT2D eigenvalue weighted by Crippen LogP contribution is 2.28. The molecule has 10 heteroatoms. The third-order valence-corrected chi connectivity index (χ3v) is 6.26. The molecule has 1 fully saturated rings. The number of pyridine rings is 1. The van der Waals surface area contributed by atoms with E-state index in [1.165, 1.54) is 26.2 Å². The van der Waals surface area contributed by atoms with Crippen LogP contribution in [0.2, 0.25) is 0 Å². The molecule has 1 amide bonds. The molecule has 1 aliphatic carbocycles. The van der Waals surface area contributed by atoms with Gasteiger partial charge in [-0.2, -0.15) is 10.4 Å². The number of nitrogens with zero attached hydrogens (tertiary/aromatic N) is 4. The first-order valence-corrected chi connectivity index (χ1v) is 11.6. The van der Waals surface area contributed by atoms with Crippen molar-refractivity contribution >= 4 is 17.1 Å². The van der Waals surface area contributed by atoms with Crippen LogP contribution in [0.4, 0.5) is 10.1 Å². The fraction of sp³-hybridized carbons (Fsp3) is 0.440. The van der Waals surface area contributed by atoms with E-state index < -0.39 is 23.8 Å². The van der Waals surface area contributed by atoms with Gasteiger partial charge in [0, 0.05) is 12.2 Å². The van der Waals surface area contributed by atoms with Crippen molar-refractivity contribution in [1.29, 1.82) is 5.26 Å². The zero-order valence-electron chi connectivity index (χ0n) is 19.7. The molecule has 3 heterocycles. The van der Waals surface area contributed by atoms with Gasteiger partial charge in [-0.25, -0.2) is 8.91 Å². The largest absolute Gasteiger partial charge is 0.393 e. The van der Waals surface area contributed by atoms with Gasteiger partial charge in [0.25, 0.3) is 5.91 Å². The lowest BCUT2D eigenvalue weighted by Gasteiger charge is -2.28. The Labute approximate surface area is 202 Å². The van der Waals surface area contributed by atoms with Crippen LogP contribution in [-0.4, -0.2) is 61.2 Å². The number of hydrogen-bond donors (Lipinski definition) is 4. The molecule has 3 aromatic rings. The van der Waals surface area contributed by atoms with Crippen LogP contribution in [0.1, 0.15) is 55.5 Å². The van der Waals surface area contributed by atoms with Crippen LogP contribution in [0.3, 0.4) is 0 Å². The Morgan fingerprint density at radius 1 is 1.34 bits per heavy atom. The quantitative estimate of drug-likeness (QED) is 0.408. The molecule has 184 valence electrons. The Morgan fingerprint density at radius 3 is 2.86 bits per heavy atom. The van der Waals surface area contributed by atoms with Gasteiger partial charge in [-0.3, -0.25) is 9.78 Å². The lowest BCUT2D eigenvalue weighted by Crippen LogP contribution is -2.42. The van der Waals surface area contributed by atoms with E-state index in [0.717, 1.165) is 24.8 Å². The van der Waals surface area contributed by atoms with E-state index in [1.54, 1.807) is 16.6 Å². The van der Waals surface area contributed by atoms with E-state index in [4.69, 9.17) is 5.26 Å². The van der Waals surface area contributed by atoms with E-state index in [2.05, 4.69) is 26.8 Å².